The van der Waals surface area contributed by atoms with Crippen LogP contribution in [0.2, 0.25) is 0 Å². The molecule has 0 heterocycles. The third kappa shape index (κ3) is 2.53. The number of rotatable bonds is 2. The minimum Gasteiger partial charge on any atom is -0.0928 e. The normalized spacial score (nSPS) is 26.6. The SMILES string of the molecule is BrCCC1CC=CCC1. The number of allylic oxidation sites excluding steroid dienone is 2. The van der Waals surface area contributed by atoms with Crippen molar-refractivity contribution in [1.29, 1.82) is 0 Å². The average Bonchev–Trinajstić information content (AvgIpc) is 1.91. The molecule has 0 saturated heterocycles. The van der Waals surface area contributed by atoms with Crippen molar-refractivity contribution in [1.82, 2.24) is 0 Å². The molecular formula is C8H13Br. The second-order valence-corrected chi connectivity index (χ2v) is 3.42. The van der Waals surface area contributed by atoms with E-state index in [1.165, 1.54) is 31.0 Å². The summed E-state index contributed by atoms with van der Waals surface area (Å²) in [4.78, 5) is 0. The van der Waals surface area contributed by atoms with E-state index in [4.69, 9.17) is 0 Å². The minimum atomic E-state index is 0.967. The van der Waals surface area contributed by atoms with Crippen LogP contribution in [-0.4, -0.2) is 5.33 Å². The molecule has 9 heavy (non-hydrogen) atoms. The number of halogens is 1. The lowest BCUT2D eigenvalue weighted by Crippen LogP contribution is -2.02. The summed E-state index contributed by atoms with van der Waals surface area (Å²) in [5, 5.41) is 1.17. The van der Waals surface area contributed by atoms with Crippen LogP contribution in [0.5, 0.6) is 0 Å². The standard InChI is InChI=1S/C8H13Br/c9-7-6-8-4-2-1-3-5-8/h1-2,8H,3-7H2. The van der Waals surface area contributed by atoms with Gasteiger partial charge in [0.15, 0.2) is 0 Å². The summed E-state index contributed by atoms with van der Waals surface area (Å²) in [5.41, 5.74) is 0. The monoisotopic (exact) mass is 188 g/mol. The molecule has 1 heteroatoms. The van der Waals surface area contributed by atoms with Gasteiger partial charge in [0.2, 0.25) is 0 Å². The van der Waals surface area contributed by atoms with Gasteiger partial charge in [0.25, 0.3) is 0 Å². The van der Waals surface area contributed by atoms with Gasteiger partial charge in [0, 0.05) is 5.33 Å². The highest BCUT2D eigenvalue weighted by atomic mass is 79.9. The maximum absolute atomic E-state index is 3.46. The van der Waals surface area contributed by atoms with Crippen LogP contribution in [0.15, 0.2) is 12.2 Å². The van der Waals surface area contributed by atoms with Gasteiger partial charge >= 0.3 is 0 Å². The zero-order chi connectivity index (χ0) is 6.53. The van der Waals surface area contributed by atoms with Gasteiger partial charge in [0.1, 0.15) is 0 Å². The van der Waals surface area contributed by atoms with E-state index in [0.29, 0.717) is 0 Å². The summed E-state index contributed by atoms with van der Waals surface area (Å²) in [6, 6.07) is 0. The van der Waals surface area contributed by atoms with E-state index < -0.39 is 0 Å². The van der Waals surface area contributed by atoms with Crippen LogP contribution in [0.1, 0.15) is 25.7 Å². The summed E-state index contributed by atoms with van der Waals surface area (Å²) < 4.78 is 0. The predicted molar refractivity (Wildman–Crippen MR) is 44.9 cm³/mol. The van der Waals surface area contributed by atoms with Crippen molar-refractivity contribution >= 4 is 15.9 Å². The van der Waals surface area contributed by atoms with Crippen LogP contribution in [0.25, 0.3) is 0 Å². The highest BCUT2D eigenvalue weighted by molar-refractivity contribution is 9.09. The molecule has 0 fully saturated rings. The van der Waals surface area contributed by atoms with Gasteiger partial charge in [0.05, 0.1) is 0 Å². The largest absolute Gasteiger partial charge is 0.0928 e. The molecule has 0 aromatic carbocycles. The Labute approximate surface area is 65.5 Å². The molecule has 0 radical (unpaired) electrons. The Bertz CT molecular complexity index is 96.7. The van der Waals surface area contributed by atoms with Crippen molar-refractivity contribution in [3.05, 3.63) is 12.2 Å². The summed E-state index contributed by atoms with van der Waals surface area (Å²) in [7, 11) is 0. The number of hydrogen-bond donors (Lipinski definition) is 0. The molecule has 1 unspecified atom stereocenters. The second-order valence-electron chi connectivity index (χ2n) is 2.63. The Balaban J connectivity index is 2.18. The fraction of sp³-hybridized carbons (Fsp3) is 0.750. The van der Waals surface area contributed by atoms with Gasteiger partial charge < -0.3 is 0 Å². The maximum Gasteiger partial charge on any atom is 0.00340 e. The van der Waals surface area contributed by atoms with Gasteiger partial charge in [-0.25, -0.2) is 0 Å². The van der Waals surface area contributed by atoms with Crippen molar-refractivity contribution < 1.29 is 0 Å². The van der Waals surface area contributed by atoms with Crippen molar-refractivity contribution in [2.75, 3.05) is 5.33 Å². The molecule has 0 nitrogen and oxygen atoms in total. The highest BCUT2D eigenvalue weighted by Crippen LogP contribution is 2.21. The fourth-order valence-corrected chi connectivity index (χ4v) is 1.92. The average molecular weight is 189 g/mol. The van der Waals surface area contributed by atoms with Gasteiger partial charge in [-0.05, 0) is 31.6 Å². The molecule has 0 aromatic rings. The smallest absolute Gasteiger partial charge is 0.00340 e. The molecule has 1 aliphatic rings. The van der Waals surface area contributed by atoms with Crippen LogP contribution >= 0.6 is 15.9 Å². The highest BCUT2D eigenvalue weighted by Gasteiger charge is 2.07. The number of alkyl halides is 1. The molecule has 1 rings (SSSR count). The van der Waals surface area contributed by atoms with Crippen LogP contribution in [0.3, 0.4) is 0 Å². The Morgan fingerprint density at radius 3 is 2.89 bits per heavy atom. The molecule has 0 N–H and O–H groups in total. The number of hydrogen-bond acceptors (Lipinski definition) is 0. The van der Waals surface area contributed by atoms with E-state index in [2.05, 4.69) is 28.1 Å². The minimum absolute atomic E-state index is 0.967. The van der Waals surface area contributed by atoms with Gasteiger partial charge in [-0.1, -0.05) is 28.1 Å². The molecule has 0 aliphatic heterocycles. The van der Waals surface area contributed by atoms with Crippen molar-refractivity contribution in [3.63, 3.8) is 0 Å². The van der Waals surface area contributed by atoms with E-state index in [1.807, 2.05) is 0 Å². The lowest BCUT2D eigenvalue weighted by molar-refractivity contribution is 0.470. The zero-order valence-electron chi connectivity index (χ0n) is 5.65. The summed E-state index contributed by atoms with van der Waals surface area (Å²) in [6.07, 6.45) is 9.98. The molecule has 0 saturated carbocycles. The van der Waals surface area contributed by atoms with E-state index in [-0.39, 0.29) is 0 Å². The summed E-state index contributed by atoms with van der Waals surface area (Å²) >= 11 is 3.46. The van der Waals surface area contributed by atoms with Crippen molar-refractivity contribution in [3.8, 4) is 0 Å². The first-order chi connectivity index (χ1) is 4.43. The maximum atomic E-state index is 3.46. The lowest BCUT2D eigenvalue weighted by Gasteiger charge is -2.15. The molecule has 1 atom stereocenters. The van der Waals surface area contributed by atoms with Crippen LogP contribution < -0.4 is 0 Å². The molecule has 52 valence electrons. The molecule has 1 aliphatic carbocycles. The first-order valence-electron chi connectivity index (χ1n) is 3.64. The van der Waals surface area contributed by atoms with Crippen LogP contribution in [0, 0.1) is 5.92 Å². The Kier molecular flexibility index (Phi) is 3.34. The van der Waals surface area contributed by atoms with E-state index in [0.717, 1.165) is 5.92 Å². The van der Waals surface area contributed by atoms with E-state index in [9.17, 15) is 0 Å². The van der Waals surface area contributed by atoms with Crippen molar-refractivity contribution in [2.45, 2.75) is 25.7 Å². The molecule has 0 aromatic heterocycles. The zero-order valence-corrected chi connectivity index (χ0v) is 7.23. The summed E-state index contributed by atoms with van der Waals surface area (Å²) in [6.45, 7) is 0. The third-order valence-corrected chi connectivity index (χ3v) is 2.35. The van der Waals surface area contributed by atoms with Gasteiger partial charge in [-0.2, -0.15) is 0 Å². The topological polar surface area (TPSA) is 0 Å². The molecule has 0 spiro atoms. The summed E-state index contributed by atoms with van der Waals surface area (Å²) in [5.74, 6) is 0.967. The molecular weight excluding hydrogens is 176 g/mol. The Morgan fingerprint density at radius 1 is 1.44 bits per heavy atom. The fourth-order valence-electron chi connectivity index (χ4n) is 1.27. The predicted octanol–water partition coefficient (Wildman–Crippen LogP) is 3.13. The lowest BCUT2D eigenvalue weighted by atomic mass is 9.92. The quantitative estimate of drug-likeness (QED) is 0.462. The first kappa shape index (κ1) is 7.33. The van der Waals surface area contributed by atoms with Crippen molar-refractivity contribution in [2.24, 2.45) is 5.92 Å². The first-order valence-corrected chi connectivity index (χ1v) is 4.76. The second kappa shape index (κ2) is 4.10. The third-order valence-electron chi connectivity index (χ3n) is 1.90. The van der Waals surface area contributed by atoms with Gasteiger partial charge in [-0.15, -0.1) is 0 Å². The molecule has 0 amide bonds. The van der Waals surface area contributed by atoms with E-state index in [1.54, 1.807) is 0 Å². The Hall–Kier alpha value is 0.220. The van der Waals surface area contributed by atoms with Gasteiger partial charge in [-0.3, -0.25) is 0 Å². The van der Waals surface area contributed by atoms with E-state index >= 15 is 0 Å². The molecule has 0 bridgehead atoms. The van der Waals surface area contributed by atoms with Crippen LogP contribution in [0.4, 0.5) is 0 Å². The van der Waals surface area contributed by atoms with Crippen LogP contribution in [-0.2, 0) is 0 Å². The Morgan fingerprint density at radius 2 is 2.33 bits per heavy atom.